The maximum atomic E-state index is 11.7. The Morgan fingerprint density at radius 3 is 2.80 bits per heavy atom. The van der Waals surface area contributed by atoms with Crippen LogP contribution in [0.5, 0.6) is 0 Å². The van der Waals surface area contributed by atoms with Gasteiger partial charge in [0.15, 0.2) is 0 Å². The maximum Gasteiger partial charge on any atom is 0.226 e. The van der Waals surface area contributed by atoms with Gasteiger partial charge in [0, 0.05) is 24.3 Å². The molecule has 2 N–H and O–H groups in total. The van der Waals surface area contributed by atoms with Crippen LogP contribution in [-0.4, -0.2) is 12.5 Å². The number of rotatable bonds is 1. The van der Waals surface area contributed by atoms with Crippen molar-refractivity contribution in [3.8, 4) is 0 Å². The maximum absolute atomic E-state index is 11.7. The van der Waals surface area contributed by atoms with Gasteiger partial charge in [0.2, 0.25) is 5.91 Å². The third-order valence-electron chi connectivity index (χ3n) is 2.89. The van der Waals surface area contributed by atoms with Crippen molar-refractivity contribution in [3.63, 3.8) is 0 Å². The zero-order valence-corrected chi connectivity index (χ0v) is 8.99. The predicted molar refractivity (Wildman–Crippen MR) is 61.8 cm³/mol. The van der Waals surface area contributed by atoms with Crippen molar-refractivity contribution in [1.82, 2.24) is 0 Å². The van der Waals surface area contributed by atoms with Crippen LogP contribution in [0, 0.1) is 6.92 Å². The van der Waals surface area contributed by atoms with Gasteiger partial charge in [0.05, 0.1) is 0 Å². The van der Waals surface area contributed by atoms with E-state index in [1.807, 2.05) is 30.0 Å². The van der Waals surface area contributed by atoms with Crippen LogP contribution < -0.4 is 10.6 Å². The normalized spacial score (nSPS) is 16.9. The fourth-order valence-corrected chi connectivity index (χ4v) is 1.91. The number of carbonyl (C=O) groups excluding carboxylic acids is 1. The third kappa shape index (κ3) is 1.96. The first-order valence-corrected chi connectivity index (χ1v) is 5.35. The van der Waals surface area contributed by atoms with Crippen LogP contribution in [0.2, 0.25) is 0 Å². The van der Waals surface area contributed by atoms with E-state index in [4.69, 9.17) is 5.73 Å². The molecule has 1 aromatic carbocycles. The highest BCUT2D eigenvalue weighted by molar-refractivity contribution is 5.94. The zero-order chi connectivity index (χ0) is 10.8. The summed E-state index contributed by atoms with van der Waals surface area (Å²) >= 11 is 0. The van der Waals surface area contributed by atoms with Gasteiger partial charge in [-0.15, -0.1) is 0 Å². The molecule has 0 radical (unpaired) electrons. The van der Waals surface area contributed by atoms with E-state index in [2.05, 4.69) is 0 Å². The van der Waals surface area contributed by atoms with E-state index in [1.54, 1.807) is 0 Å². The summed E-state index contributed by atoms with van der Waals surface area (Å²) in [5.74, 6) is 0.227. The number of benzene rings is 1. The van der Waals surface area contributed by atoms with Crippen molar-refractivity contribution < 1.29 is 4.79 Å². The van der Waals surface area contributed by atoms with Crippen molar-refractivity contribution >= 4 is 17.3 Å². The molecule has 15 heavy (non-hydrogen) atoms. The summed E-state index contributed by atoms with van der Waals surface area (Å²) in [6.07, 6.45) is 2.78. The minimum absolute atomic E-state index is 0.227. The number of aryl methyl sites for hydroxylation is 1. The van der Waals surface area contributed by atoms with Gasteiger partial charge in [-0.3, -0.25) is 4.79 Å². The second kappa shape index (κ2) is 3.93. The van der Waals surface area contributed by atoms with Gasteiger partial charge in [-0.05, 0) is 43.5 Å². The number of nitrogens with zero attached hydrogens (tertiary/aromatic N) is 1. The minimum Gasteiger partial charge on any atom is -0.399 e. The molecule has 0 saturated carbocycles. The molecular formula is C12H16N2O. The molecule has 2 rings (SSSR count). The van der Waals surface area contributed by atoms with Gasteiger partial charge >= 0.3 is 0 Å². The lowest BCUT2D eigenvalue weighted by Gasteiger charge is -2.27. The molecule has 1 aliphatic heterocycles. The van der Waals surface area contributed by atoms with Gasteiger partial charge in [-0.1, -0.05) is 0 Å². The highest BCUT2D eigenvalue weighted by Crippen LogP contribution is 2.24. The Hall–Kier alpha value is -1.51. The van der Waals surface area contributed by atoms with Crippen LogP contribution in [-0.2, 0) is 4.79 Å². The number of carbonyl (C=O) groups is 1. The van der Waals surface area contributed by atoms with Gasteiger partial charge in [0.25, 0.3) is 0 Å². The van der Waals surface area contributed by atoms with Crippen molar-refractivity contribution in [1.29, 1.82) is 0 Å². The van der Waals surface area contributed by atoms with E-state index in [0.717, 1.165) is 36.3 Å². The standard InChI is InChI=1S/C12H16N2O/c1-9-8-10(5-6-11(9)13)14-7-3-2-4-12(14)15/h5-6,8H,2-4,7,13H2,1H3. The fraction of sp³-hybridized carbons (Fsp3) is 0.417. The van der Waals surface area contributed by atoms with E-state index in [-0.39, 0.29) is 5.91 Å². The lowest BCUT2D eigenvalue weighted by molar-refractivity contribution is -0.119. The first-order chi connectivity index (χ1) is 7.18. The summed E-state index contributed by atoms with van der Waals surface area (Å²) in [7, 11) is 0. The lowest BCUT2D eigenvalue weighted by Crippen LogP contribution is -2.35. The number of hydrogen-bond acceptors (Lipinski definition) is 2. The molecule has 0 atom stereocenters. The van der Waals surface area contributed by atoms with Gasteiger partial charge < -0.3 is 10.6 Å². The quantitative estimate of drug-likeness (QED) is 0.712. The van der Waals surface area contributed by atoms with Gasteiger partial charge in [0.1, 0.15) is 0 Å². The molecule has 1 aliphatic rings. The molecular weight excluding hydrogens is 188 g/mol. The van der Waals surface area contributed by atoms with Gasteiger partial charge in [-0.25, -0.2) is 0 Å². The molecule has 3 nitrogen and oxygen atoms in total. The molecule has 1 fully saturated rings. The van der Waals surface area contributed by atoms with E-state index in [1.165, 1.54) is 0 Å². The second-order valence-corrected chi connectivity index (χ2v) is 4.04. The van der Waals surface area contributed by atoms with Gasteiger partial charge in [-0.2, -0.15) is 0 Å². The zero-order valence-electron chi connectivity index (χ0n) is 8.99. The topological polar surface area (TPSA) is 46.3 Å². The van der Waals surface area contributed by atoms with E-state index >= 15 is 0 Å². The number of piperidine rings is 1. The SMILES string of the molecule is Cc1cc(N2CCCCC2=O)ccc1N. The Morgan fingerprint density at radius 2 is 2.13 bits per heavy atom. The first-order valence-electron chi connectivity index (χ1n) is 5.35. The van der Waals surface area contributed by atoms with Crippen LogP contribution in [0.1, 0.15) is 24.8 Å². The first kappa shape index (κ1) is 10.0. The van der Waals surface area contributed by atoms with Crippen molar-refractivity contribution in [3.05, 3.63) is 23.8 Å². The predicted octanol–water partition coefficient (Wildman–Crippen LogP) is 2.09. The molecule has 1 heterocycles. The molecule has 0 unspecified atom stereocenters. The second-order valence-electron chi connectivity index (χ2n) is 4.04. The number of anilines is 2. The van der Waals surface area contributed by atoms with Crippen LogP contribution >= 0.6 is 0 Å². The summed E-state index contributed by atoms with van der Waals surface area (Å²) in [5, 5.41) is 0. The highest BCUT2D eigenvalue weighted by Gasteiger charge is 2.19. The Kier molecular flexibility index (Phi) is 2.62. The lowest BCUT2D eigenvalue weighted by atomic mass is 10.1. The fourth-order valence-electron chi connectivity index (χ4n) is 1.91. The minimum atomic E-state index is 0.227. The molecule has 1 amide bonds. The van der Waals surface area contributed by atoms with Crippen LogP contribution in [0.15, 0.2) is 18.2 Å². The number of nitrogen functional groups attached to an aromatic ring is 1. The highest BCUT2D eigenvalue weighted by atomic mass is 16.2. The van der Waals surface area contributed by atoms with Crippen LogP contribution in [0.4, 0.5) is 11.4 Å². The Labute approximate surface area is 89.9 Å². The third-order valence-corrected chi connectivity index (χ3v) is 2.89. The molecule has 3 heteroatoms. The monoisotopic (exact) mass is 204 g/mol. The summed E-state index contributed by atoms with van der Waals surface area (Å²) < 4.78 is 0. The summed E-state index contributed by atoms with van der Waals surface area (Å²) in [5.41, 5.74) is 8.54. The molecule has 80 valence electrons. The van der Waals surface area contributed by atoms with Crippen LogP contribution in [0.3, 0.4) is 0 Å². The molecule has 1 saturated heterocycles. The average molecular weight is 204 g/mol. The number of nitrogens with two attached hydrogens (primary N) is 1. The van der Waals surface area contributed by atoms with Crippen molar-refractivity contribution in [2.24, 2.45) is 0 Å². The summed E-state index contributed by atoms with van der Waals surface area (Å²) in [6.45, 7) is 2.80. The molecule has 0 bridgehead atoms. The van der Waals surface area contributed by atoms with E-state index < -0.39 is 0 Å². The Balaban J connectivity index is 2.28. The average Bonchev–Trinajstić information content (AvgIpc) is 2.23. The van der Waals surface area contributed by atoms with E-state index in [9.17, 15) is 4.79 Å². The van der Waals surface area contributed by atoms with Crippen LogP contribution in [0.25, 0.3) is 0 Å². The molecule has 0 spiro atoms. The summed E-state index contributed by atoms with van der Waals surface area (Å²) in [4.78, 5) is 13.5. The molecule has 0 aromatic heterocycles. The van der Waals surface area contributed by atoms with Crippen molar-refractivity contribution in [2.75, 3.05) is 17.2 Å². The number of amides is 1. The molecule has 1 aromatic rings. The largest absolute Gasteiger partial charge is 0.399 e. The summed E-state index contributed by atoms with van der Waals surface area (Å²) in [6, 6.07) is 5.77. The Morgan fingerprint density at radius 1 is 1.33 bits per heavy atom. The van der Waals surface area contributed by atoms with E-state index in [0.29, 0.717) is 6.42 Å². The van der Waals surface area contributed by atoms with Crippen molar-refractivity contribution in [2.45, 2.75) is 26.2 Å². The molecule has 0 aliphatic carbocycles. The smallest absolute Gasteiger partial charge is 0.226 e. The Bertz CT molecular complexity index is 387. The number of hydrogen-bond donors (Lipinski definition) is 1.